The standard InChI is InChI=1S/C36H47N5O4/c1-6-40(7-2)19-20-45-31-16-11-26(12-17-31)25(4)38-35(42)27-13-18-34(37-23-27)41-29-14-15-30(41)22-28(21-29)39-36(43)32-9-8-10-33(44-5)24(32)3/h8-13,16-18,23,25,28-30H,6-7,14-15,19-22H2,1-5H3,(H,38,42)(H,39,43)/t25-,28-,29+,30-/m0/s1. The van der Waals surface area contributed by atoms with E-state index in [0.29, 0.717) is 29.8 Å². The van der Waals surface area contributed by atoms with Crippen LogP contribution in [-0.2, 0) is 0 Å². The number of rotatable bonds is 13. The summed E-state index contributed by atoms with van der Waals surface area (Å²) in [5.41, 5.74) is 3.05. The molecule has 0 aliphatic carbocycles. The van der Waals surface area contributed by atoms with Gasteiger partial charge in [0, 0.05) is 42.0 Å². The smallest absolute Gasteiger partial charge is 0.253 e. The minimum atomic E-state index is -0.159. The Morgan fingerprint density at radius 1 is 1.00 bits per heavy atom. The van der Waals surface area contributed by atoms with Crippen LogP contribution >= 0.6 is 0 Å². The van der Waals surface area contributed by atoms with Crippen molar-refractivity contribution in [3.63, 3.8) is 0 Å². The van der Waals surface area contributed by atoms with Crippen LogP contribution in [0, 0.1) is 6.92 Å². The van der Waals surface area contributed by atoms with E-state index in [1.165, 1.54) is 0 Å². The number of carbonyl (C=O) groups excluding carboxylic acids is 2. The van der Waals surface area contributed by atoms with Crippen LogP contribution in [-0.4, -0.2) is 73.2 Å². The van der Waals surface area contributed by atoms with Crippen LogP contribution in [0.25, 0.3) is 0 Å². The molecule has 3 heterocycles. The van der Waals surface area contributed by atoms with Gasteiger partial charge in [0.15, 0.2) is 0 Å². The van der Waals surface area contributed by atoms with Gasteiger partial charge in [-0.3, -0.25) is 9.59 Å². The summed E-state index contributed by atoms with van der Waals surface area (Å²) in [5.74, 6) is 2.23. The molecule has 2 amide bonds. The molecule has 0 saturated carbocycles. The maximum atomic E-state index is 13.1. The fourth-order valence-corrected chi connectivity index (χ4v) is 6.74. The Morgan fingerprint density at radius 2 is 1.71 bits per heavy atom. The predicted octanol–water partition coefficient (Wildman–Crippen LogP) is 5.54. The molecule has 2 aliphatic heterocycles. The molecule has 9 nitrogen and oxygen atoms in total. The second-order valence-corrected chi connectivity index (χ2v) is 12.1. The largest absolute Gasteiger partial charge is 0.496 e. The quantitative estimate of drug-likeness (QED) is 0.261. The number of piperidine rings is 1. The molecule has 2 aromatic carbocycles. The lowest BCUT2D eigenvalue weighted by Gasteiger charge is -2.40. The topological polar surface area (TPSA) is 96.0 Å². The zero-order chi connectivity index (χ0) is 31.9. The highest BCUT2D eigenvalue weighted by Crippen LogP contribution is 2.38. The van der Waals surface area contributed by atoms with Gasteiger partial charge in [0.25, 0.3) is 11.8 Å². The van der Waals surface area contributed by atoms with Gasteiger partial charge in [-0.15, -0.1) is 0 Å². The van der Waals surface area contributed by atoms with E-state index >= 15 is 0 Å². The summed E-state index contributed by atoms with van der Waals surface area (Å²) in [6, 6.07) is 17.8. The van der Waals surface area contributed by atoms with E-state index in [1.54, 1.807) is 13.3 Å². The molecule has 2 N–H and O–H groups in total. The third kappa shape index (κ3) is 7.59. The van der Waals surface area contributed by atoms with E-state index in [9.17, 15) is 9.59 Å². The molecule has 45 heavy (non-hydrogen) atoms. The monoisotopic (exact) mass is 613 g/mol. The van der Waals surface area contributed by atoms with E-state index in [0.717, 1.165) is 73.8 Å². The van der Waals surface area contributed by atoms with Crippen molar-refractivity contribution in [2.24, 2.45) is 0 Å². The Morgan fingerprint density at radius 3 is 2.33 bits per heavy atom. The Balaban J connectivity index is 1.13. The molecule has 2 bridgehead atoms. The van der Waals surface area contributed by atoms with E-state index in [4.69, 9.17) is 14.5 Å². The minimum absolute atomic E-state index is 0.0536. The van der Waals surface area contributed by atoms with E-state index in [1.807, 2.05) is 68.4 Å². The zero-order valence-electron chi connectivity index (χ0n) is 27.2. The number of amides is 2. The number of benzene rings is 2. The van der Waals surface area contributed by atoms with Crippen molar-refractivity contribution in [3.05, 3.63) is 83.0 Å². The number of fused-ring (bicyclic) bond motifs is 2. The average Bonchev–Trinajstić information content (AvgIpc) is 3.33. The maximum absolute atomic E-state index is 13.1. The first kappa shape index (κ1) is 32.3. The van der Waals surface area contributed by atoms with E-state index in [2.05, 4.69) is 34.3 Å². The van der Waals surface area contributed by atoms with Crippen molar-refractivity contribution in [3.8, 4) is 11.5 Å². The number of ether oxygens (including phenoxy) is 2. The summed E-state index contributed by atoms with van der Waals surface area (Å²) in [6.45, 7) is 11.8. The number of nitrogens with one attached hydrogen (secondary N) is 2. The van der Waals surface area contributed by atoms with Crippen LogP contribution in [0.5, 0.6) is 11.5 Å². The van der Waals surface area contributed by atoms with E-state index < -0.39 is 0 Å². The number of nitrogens with zero attached hydrogens (tertiary/aromatic N) is 3. The van der Waals surface area contributed by atoms with Crippen LogP contribution in [0.2, 0.25) is 0 Å². The number of hydrogen-bond acceptors (Lipinski definition) is 7. The van der Waals surface area contributed by atoms with Crippen molar-refractivity contribution in [2.75, 3.05) is 38.3 Å². The van der Waals surface area contributed by atoms with Gasteiger partial charge in [-0.1, -0.05) is 32.0 Å². The number of likely N-dealkylation sites (N-methyl/N-ethyl adjacent to an activating group) is 1. The predicted molar refractivity (Wildman–Crippen MR) is 177 cm³/mol. The fraction of sp³-hybridized carbons (Fsp3) is 0.472. The number of methoxy groups -OCH3 is 1. The summed E-state index contributed by atoms with van der Waals surface area (Å²) in [4.78, 5) is 35.6. The molecule has 2 fully saturated rings. The maximum Gasteiger partial charge on any atom is 0.253 e. The van der Waals surface area contributed by atoms with Crippen LogP contribution in [0.15, 0.2) is 60.8 Å². The zero-order valence-corrected chi connectivity index (χ0v) is 27.2. The van der Waals surface area contributed by atoms with Crippen LogP contribution in [0.1, 0.15) is 84.3 Å². The van der Waals surface area contributed by atoms with Crippen LogP contribution < -0.4 is 25.0 Å². The van der Waals surface area contributed by atoms with Gasteiger partial charge in [0.1, 0.15) is 23.9 Å². The van der Waals surface area contributed by atoms with Crippen molar-refractivity contribution >= 4 is 17.6 Å². The normalized spacial score (nSPS) is 19.7. The molecule has 0 unspecified atom stereocenters. The molecular formula is C36H47N5O4. The van der Waals surface area contributed by atoms with Crippen molar-refractivity contribution < 1.29 is 19.1 Å². The molecule has 0 spiro atoms. The van der Waals surface area contributed by atoms with Gasteiger partial charge in [-0.2, -0.15) is 0 Å². The first-order valence-corrected chi connectivity index (χ1v) is 16.3. The number of carbonyl (C=O) groups is 2. The Bertz CT molecular complexity index is 1430. The van der Waals surface area contributed by atoms with Gasteiger partial charge >= 0.3 is 0 Å². The molecular weight excluding hydrogens is 566 g/mol. The van der Waals surface area contributed by atoms with Crippen molar-refractivity contribution in [1.82, 2.24) is 20.5 Å². The number of anilines is 1. The third-order valence-electron chi connectivity index (χ3n) is 9.39. The van der Waals surface area contributed by atoms with Gasteiger partial charge in [-0.25, -0.2) is 4.98 Å². The highest BCUT2D eigenvalue weighted by atomic mass is 16.5. The van der Waals surface area contributed by atoms with Gasteiger partial charge < -0.3 is 29.9 Å². The third-order valence-corrected chi connectivity index (χ3v) is 9.39. The molecule has 4 atom stereocenters. The summed E-state index contributed by atoms with van der Waals surface area (Å²) >= 11 is 0. The summed E-state index contributed by atoms with van der Waals surface area (Å²) in [5, 5.41) is 6.37. The summed E-state index contributed by atoms with van der Waals surface area (Å²) < 4.78 is 11.3. The lowest BCUT2D eigenvalue weighted by atomic mass is 9.96. The minimum Gasteiger partial charge on any atom is -0.496 e. The van der Waals surface area contributed by atoms with E-state index in [-0.39, 0.29) is 23.9 Å². The highest BCUT2D eigenvalue weighted by Gasteiger charge is 2.42. The molecule has 9 heteroatoms. The molecule has 2 saturated heterocycles. The molecule has 5 rings (SSSR count). The molecule has 2 aliphatic rings. The summed E-state index contributed by atoms with van der Waals surface area (Å²) in [7, 11) is 1.62. The lowest BCUT2D eigenvalue weighted by Crippen LogP contribution is -2.50. The van der Waals surface area contributed by atoms with Crippen LogP contribution in [0.4, 0.5) is 5.82 Å². The van der Waals surface area contributed by atoms with Gasteiger partial charge in [-0.05, 0) is 94.6 Å². The SMILES string of the molecule is CCN(CC)CCOc1ccc([C@H](C)NC(=O)c2ccc(N3[C@@H]4CC[C@H]3C[C@@H](NC(=O)c3cccc(OC)c3C)C4)nc2)cc1. The molecule has 0 radical (unpaired) electrons. The first-order valence-electron chi connectivity index (χ1n) is 16.3. The molecule has 240 valence electrons. The number of pyridine rings is 1. The van der Waals surface area contributed by atoms with Gasteiger partial charge in [0.2, 0.25) is 0 Å². The first-order chi connectivity index (χ1) is 21.8. The molecule has 3 aromatic rings. The lowest BCUT2D eigenvalue weighted by molar-refractivity contribution is 0.0922. The molecule has 1 aromatic heterocycles. The number of hydrogen-bond donors (Lipinski definition) is 2. The highest BCUT2D eigenvalue weighted by molar-refractivity contribution is 5.96. The fourth-order valence-electron chi connectivity index (χ4n) is 6.74. The van der Waals surface area contributed by atoms with Crippen molar-refractivity contribution in [2.45, 2.75) is 77.5 Å². The second kappa shape index (κ2) is 14.8. The Labute approximate surface area is 267 Å². The van der Waals surface area contributed by atoms with Gasteiger partial charge in [0.05, 0.1) is 18.7 Å². The van der Waals surface area contributed by atoms with Crippen molar-refractivity contribution in [1.29, 1.82) is 0 Å². The number of aromatic nitrogens is 1. The Kier molecular flexibility index (Phi) is 10.6. The average molecular weight is 614 g/mol. The Hall–Kier alpha value is -4.11. The van der Waals surface area contributed by atoms with Crippen LogP contribution in [0.3, 0.4) is 0 Å². The second-order valence-electron chi connectivity index (χ2n) is 12.1. The summed E-state index contributed by atoms with van der Waals surface area (Å²) in [6.07, 6.45) is 5.54.